The number of hydrogen-bond acceptors (Lipinski definition) is 2. The summed E-state index contributed by atoms with van der Waals surface area (Å²) in [5.41, 5.74) is 5.52. The van der Waals surface area contributed by atoms with Crippen LogP contribution in [0.25, 0.3) is 0 Å². The van der Waals surface area contributed by atoms with Gasteiger partial charge in [0, 0.05) is 0 Å². The van der Waals surface area contributed by atoms with Crippen molar-refractivity contribution in [3.8, 4) is 0 Å². The molecule has 0 amide bonds. The summed E-state index contributed by atoms with van der Waals surface area (Å²) >= 11 is 0. The van der Waals surface area contributed by atoms with Gasteiger partial charge in [-0.15, -0.1) is 0 Å². The van der Waals surface area contributed by atoms with Crippen LogP contribution in [-0.4, -0.2) is 18.8 Å². The van der Waals surface area contributed by atoms with E-state index in [0.717, 1.165) is 18.9 Å². The van der Waals surface area contributed by atoms with Gasteiger partial charge in [0.1, 0.15) is 0 Å². The summed E-state index contributed by atoms with van der Waals surface area (Å²) in [5.74, 6) is 0.908. The lowest BCUT2D eigenvalue weighted by Gasteiger charge is -2.30. The zero-order chi connectivity index (χ0) is 8.39. The van der Waals surface area contributed by atoms with E-state index in [2.05, 4.69) is 0 Å². The van der Waals surface area contributed by atoms with Crippen LogP contribution < -0.4 is 5.73 Å². The van der Waals surface area contributed by atoms with Crippen molar-refractivity contribution >= 4 is 0 Å². The van der Waals surface area contributed by atoms with Gasteiger partial charge in [-0.05, 0) is 51.0 Å². The summed E-state index contributed by atoms with van der Waals surface area (Å²) in [6.07, 6.45) is 8.82. The highest BCUT2D eigenvalue weighted by molar-refractivity contribution is 4.85. The van der Waals surface area contributed by atoms with Gasteiger partial charge in [0.05, 0.1) is 12.2 Å². The zero-order valence-electron chi connectivity index (χ0n) is 7.67. The Morgan fingerprint density at radius 3 is 2.67 bits per heavy atom. The molecule has 1 aliphatic carbocycles. The van der Waals surface area contributed by atoms with Crippen molar-refractivity contribution in [1.29, 1.82) is 0 Å². The van der Waals surface area contributed by atoms with Crippen LogP contribution >= 0.6 is 0 Å². The summed E-state index contributed by atoms with van der Waals surface area (Å²) in [6.45, 7) is 0.780. The van der Waals surface area contributed by atoms with Gasteiger partial charge in [-0.25, -0.2) is 0 Å². The Balaban J connectivity index is 1.77. The summed E-state index contributed by atoms with van der Waals surface area (Å²) in [7, 11) is 0. The van der Waals surface area contributed by atoms with Gasteiger partial charge in [-0.1, -0.05) is 0 Å². The lowest BCUT2D eigenvalue weighted by atomic mass is 9.99. The summed E-state index contributed by atoms with van der Waals surface area (Å²) in [5, 5.41) is 0. The Labute approximate surface area is 74.5 Å². The fraction of sp³-hybridized carbons (Fsp3) is 1.00. The lowest BCUT2D eigenvalue weighted by molar-refractivity contribution is -0.0617. The summed E-state index contributed by atoms with van der Waals surface area (Å²) < 4.78 is 5.97. The molecular weight excluding hydrogens is 150 g/mol. The van der Waals surface area contributed by atoms with Gasteiger partial charge in [0.15, 0.2) is 0 Å². The first-order valence-electron chi connectivity index (χ1n) is 5.25. The second-order valence-corrected chi connectivity index (χ2v) is 4.14. The van der Waals surface area contributed by atoms with E-state index in [1.54, 1.807) is 0 Å². The van der Waals surface area contributed by atoms with Crippen LogP contribution in [0, 0.1) is 5.92 Å². The molecule has 2 nitrogen and oxygen atoms in total. The van der Waals surface area contributed by atoms with Gasteiger partial charge < -0.3 is 10.5 Å². The molecular formula is C10H19NO. The monoisotopic (exact) mass is 169 g/mol. The van der Waals surface area contributed by atoms with Gasteiger partial charge in [0.2, 0.25) is 0 Å². The maximum atomic E-state index is 5.97. The van der Waals surface area contributed by atoms with Gasteiger partial charge >= 0.3 is 0 Å². The van der Waals surface area contributed by atoms with E-state index in [4.69, 9.17) is 10.5 Å². The van der Waals surface area contributed by atoms with E-state index >= 15 is 0 Å². The van der Waals surface area contributed by atoms with Crippen molar-refractivity contribution in [2.75, 3.05) is 6.54 Å². The fourth-order valence-electron chi connectivity index (χ4n) is 2.14. The molecule has 0 aromatic heterocycles. The lowest BCUT2D eigenvalue weighted by Crippen LogP contribution is -2.30. The van der Waals surface area contributed by atoms with E-state index in [9.17, 15) is 0 Å². The van der Waals surface area contributed by atoms with Crippen molar-refractivity contribution in [1.82, 2.24) is 0 Å². The van der Waals surface area contributed by atoms with Crippen LogP contribution in [0.5, 0.6) is 0 Å². The highest BCUT2D eigenvalue weighted by Gasteiger charge is 2.35. The molecule has 0 radical (unpaired) electrons. The van der Waals surface area contributed by atoms with Gasteiger partial charge in [0.25, 0.3) is 0 Å². The largest absolute Gasteiger partial charge is 0.375 e. The predicted molar refractivity (Wildman–Crippen MR) is 48.9 cm³/mol. The Kier molecular flexibility index (Phi) is 2.66. The molecule has 2 heteroatoms. The van der Waals surface area contributed by atoms with Crippen molar-refractivity contribution in [2.45, 2.75) is 50.7 Å². The summed E-state index contributed by atoms with van der Waals surface area (Å²) in [4.78, 5) is 0. The Bertz CT molecular complexity index is 143. The summed E-state index contributed by atoms with van der Waals surface area (Å²) in [6, 6.07) is 0. The average Bonchev–Trinajstić information content (AvgIpc) is 2.88. The minimum atomic E-state index is 0.481. The second-order valence-electron chi connectivity index (χ2n) is 4.14. The molecule has 1 saturated heterocycles. The maximum absolute atomic E-state index is 5.97. The standard InChI is InChI=1S/C10H19NO/c11-7-6-9-2-1-3-10(12-9)8-4-5-8/h8-10H,1-7,11H2. The molecule has 2 N–H and O–H groups in total. The van der Waals surface area contributed by atoms with Crippen LogP contribution in [0.15, 0.2) is 0 Å². The van der Waals surface area contributed by atoms with Crippen molar-refractivity contribution in [3.05, 3.63) is 0 Å². The van der Waals surface area contributed by atoms with Crippen molar-refractivity contribution < 1.29 is 4.74 Å². The fourth-order valence-corrected chi connectivity index (χ4v) is 2.14. The quantitative estimate of drug-likeness (QED) is 0.697. The second kappa shape index (κ2) is 3.75. The number of nitrogens with two attached hydrogens (primary N) is 1. The predicted octanol–water partition coefficient (Wildman–Crippen LogP) is 1.68. The molecule has 1 saturated carbocycles. The first kappa shape index (κ1) is 8.52. The Hall–Kier alpha value is -0.0800. The third-order valence-electron chi connectivity index (χ3n) is 3.02. The molecule has 70 valence electrons. The third kappa shape index (κ3) is 1.99. The molecule has 1 aliphatic heterocycles. The zero-order valence-corrected chi connectivity index (χ0v) is 7.67. The van der Waals surface area contributed by atoms with E-state index in [1.165, 1.54) is 32.1 Å². The molecule has 1 heterocycles. The molecule has 0 aromatic carbocycles. The Morgan fingerprint density at radius 2 is 2.00 bits per heavy atom. The topological polar surface area (TPSA) is 35.2 Å². The van der Waals surface area contributed by atoms with Crippen LogP contribution in [0.3, 0.4) is 0 Å². The highest BCUT2D eigenvalue weighted by atomic mass is 16.5. The minimum Gasteiger partial charge on any atom is -0.375 e. The number of ether oxygens (including phenoxy) is 1. The van der Waals surface area contributed by atoms with E-state index in [0.29, 0.717) is 12.2 Å². The normalized spacial score (nSPS) is 36.8. The molecule has 2 aliphatic rings. The van der Waals surface area contributed by atoms with Crippen LogP contribution in [0.2, 0.25) is 0 Å². The van der Waals surface area contributed by atoms with Crippen molar-refractivity contribution in [3.63, 3.8) is 0 Å². The first-order valence-corrected chi connectivity index (χ1v) is 5.25. The molecule has 0 spiro atoms. The highest BCUT2D eigenvalue weighted by Crippen LogP contribution is 2.39. The molecule has 0 aromatic rings. The molecule has 2 rings (SSSR count). The van der Waals surface area contributed by atoms with Crippen molar-refractivity contribution in [2.24, 2.45) is 11.7 Å². The molecule has 12 heavy (non-hydrogen) atoms. The number of rotatable bonds is 3. The van der Waals surface area contributed by atoms with E-state index < -0.39 is 0 Å². The SMILES string of the molecule is NCCC1CCCC(C2CC2)O1. The maximum Gasteiger partial charge on any atom is 0.0607 e. The first-order chi connectivity index (χ1) is 5.90. The third-order valence-corrected chi connectivity index (χ3v) is 3.02. The van der Waals surface area contributed by atoms with Crippen LogP contribution in [-0.2, 0) is 4.74 Å². The van der Waals surface area contributed by atoms with Crippen LogP contribution in [0.1, 0.15) is 38.5 Å². The number of hydrogen-bond donors (Lipinski definition) is 1. The van der Waals surface area contributed by atoms with E-state index in [-0.39, 0.29) is 0 Å². The Morgan fingerprint density at radius 1 is 1.17 bits per heavy atom. The van der Waals surface area contributed by atoms with Gasteiger partial charge in [-0.2, -0.15) is 0 Å². The molecule has 0 bridgehead atoms. The molecule has 2 fully saturated rings. The van der Waals surface area contributed by atoms with E-state index in [1.807, 2.05) is 0 Å². The average molecular weight is 169 g/mol. The van der Waals surface area contributed by atoms with Crippen LogP contribution in [0.4, 0.5) is 0 Å². The molecule has 2 unspecified atom stereocenters. The minimum absolute atomic E-state index is 0.481. The van der Waals surface area contributed by atoms with Gasteiger partial charge in [-0.3, -0.25) is 0 Å². The smallest absolute Gasteiger partial charge is 0.0607 e. The molecule has 2 atom stereocenters.